The molecule has 2 heterocycles. The molecule has 1 aromatic rings. The molecule has 0 radical (unpaired) electrons. The number of pyridine rings is 1. The fourth-order valence-electron chi connectivity index (χ4n) is 4.38. The lowest BCUT2D eigenvalue weighted by Gasteiger charge is -2.35. The Kier molecular flexibility index (Phi) is 6.92. The topological polar surface area (TPSA) is 80.2 Å². The number of carbonyl (C=O) groups excluding carboxylic acids is 2. The Morgan fingerprint density at radius 1 is 1.33 bits per heavy atom. The van der Waals surface area contributed by atoms with Crippen molar-refractivity contribution in [2.45, 2.75) is 51.1 Å². The highest BCUT2D eigenvalue weighted by molar-refractivity contribution is 6.25. The molecule has 6 nitrogen and oxygen atoms in total. The minimum absolute atomic E-state index is 0.0874. The Morgan fingerprint density at radius 2 is 2.07 bits per heavy atom. The molecule has 3 rings (SSSR count). The van der Waals surface area contributed by atoms with E-state index in [0.29, 0.717) is 36.7 Å². The van der Waals surface area contributed by atoms with Crippen LogP contribution in [-0.4, -0.2) is 22.9 Å². The first-order valence-electron chi connectivity index (χ1n) is 10.1. The second kappa shape index (κ2) is 9.43. The molecule has 1 aliphatic carbocycles. The van der Waals surface area contributed by atoms with E-state index in [1.807, 2.05) is 6.92 Å². The number of nitrogens with zero attached hydrogens (tertiary/aromatic N) is 1. The van der Waals surface area contributed by atoms with Gasteiger partial charge in [0, 0.05) is 18.1 Å². The van der Waals surface area contributed by atoms with E-state index < -0.39 is 11.6 Å². The molecule has 2 aliphatic rings. The van der Waals surface area contributed by atoms with Crippen LogP contribution in [0.4, 0.5) is 4.39 Å². The van der Waals surface area contributed by atoms with Crippen LogP contribution in [0.2, 0.25) is 0 Å². The zero-order valence-electron chi connectivity index (χ0n) is 16.8. The van der Waals surface area contributed by atoms with Gasteiger partial charge in [0.25, 0.3) is 17.4 Å². The van der Waals surface area contributed by atoms with Crippen molar-refractivity contribution in [2.75, 3.05) is 6.54 Å². The van der Waals surface area contributed by atoms with Crippen molar-refractivity contribution in [1.29, 1.82) is 0 Å². The number of fused-ring (bicyclic) bond motifs is 2. The maximum absolute atomic E-state index is 13.0. The fourth-order valence-corrected chi connectivity index (χ4v) is 4.54. The molecule has 0 saturated heterocycles. The molecule has 30 heavy (non-hydrogen) atoms. The van der Waals surface area contributed by atoms with Crippen LogP contribution in [0, 0.1) is 0 Å². The molecule has 0 atom stereocenters. The lowest BCUT2D eigenvalue weighted by molar-refractivity contribution is 0.0876. The zero-order chi connectivity index (χ0) is 21.7. The first kappa shape index (κ1) is 22.0. The number of halogens is 2. The third kappa shape index (κ3) is 4.12. The summed E-state index contributed by atoms with van der Waals surface area (Å²) >= 11 is 5.59. The van der Waals surface area contributed by atoms with Crippen LogP contribution in [0.25, 0.3) is 0 Å². The monoisotopic (exact) mass is 433 g/mol. The molecule has 2 N–H and O–H groups in total. The van der Waals surface area contributed by atoms with Crippen molar-refractivity contribution in [2.24, 2.45) is 0 Å². The molecule has 1 saturated carbocycles. The largest absolute Gasteiger partial charge is 0.348 e. The molecule has 1 fully saturated rings. The molecular formula is C22H25ClFN3O3. The van der Waals surface area contributed by atoms with Gasteiger partial charge in [-0.3, -0.25) is 19.0 Å². The lowest BCUT2D eigenvalue weighted by atomic mass is 9.89. The van der Waals surface area contributed by atoms with Crippen LogP contribution in [0.3, 0.4) is 0 Å². The Labute approximate surface area is 179 Å². The van der Waals surface area contributed by atoms with Crippen molar-refractivity contribution >= 4 is 23.4 Å². The van der Waals surface area contributed by atoms with Crippen molar-refractivity contribution < 1.29 is 14.0 Å². The normalized spacial score (nSPS) is 18.2. The lowest BCUT2D eigenvalue weighted by Crippen LogP contribution is -2.48. The highest BCUT2D eigenvalue weighted by Crippen LogP contribution is 2.37. The number of amides is 2. The van der Waals surface area contributed by atoms with Gasteiger partial charge in [0.1, 0.15) is 11.4 Å². The van der Waals surface area contributed by atoms with Gasteiger partial charge in [0.05, 0.1) is 11.9 Å². The van der Waals surface area contributed by atoms with Gasteiger partial charge in [-0.1, -0.05) is 31.0 Å². The predicted molar refractivity (Wildman–Crippen MR) is 114 cm³/mol. The average Bonchev–Trinajstić information content (AvgIpc) is 3.02. The van der Waals surface area contributed by atoms with Gasteiger partial charge in [0.15, 0.2) is 0 Å². The Balaban J connectivity index is 1.97. The van der Waals surface area contributed by atoms with Crippen LogP contribution >= 0.6 is 11.6 Å². The van der Waals surface area contributed by atoms with Gasteiger partial charge in [-0.25, -0.2) is 4.39 Å². The summed E-state index contributed by atoms with van der Waals surface area (Å²) < 4.78 is 13.8. The van der Waals surface area contributed by atoms with E-state index in [2.05, 4.69) is 10.6 Å². The Morgan fingerprint density at radius 3 is 2.70 bits per heavy atom. The number of carbonyl (C=O) groups is 2. The number of hydrogen-bond donors (Lipinski definition) is 2. The van der Waals surface area contributed by atoms with E-state index in [9.17, 15) is 18.8 Å². The number of rotatable bonds is 6. The maximum Gasteiger partial charge on any atom is 0.270 e. The summed E-state index contributed by atoms with van der Waals surface area (Å²) in [6.45, 7) is 1.94. The van der Waals surface area contributed by atoms with E-state index in [0.717, 1.165) is 19.3 Å². The molecule has 1 aliphatic heterocycles. The second-order valence-electron chi connectivity index (χ2n) is 7.49. The van der Waals surface area contributed by atoms with E-state index in [1.54, 1.807) is 4.57 Å². The van der Waals surface area contributed by atoms with Gasteiger partial charge in [-0.15, -0.1) is 0 Å². The van der Waals surface area contributed by atoms with Gasteiger partial charge >= 0.3 is 0 Å². The van der Waals surface area contributed by atoms with Crippen LogP contribution in [0.5, 0.6) is 0 Å². The molecule has 2 amide bonds. The van der Waals surface area contributed by atoms with Crippen molar-refractivity contribution in [3.05, 3.63) is 68.9 Å². The first-order chi connectivity index (χ1) is 14.5. The average molecular weight is 434 g/mol. The van der Waals surface area contributed by atoms with E-state index >= 15 is 0 Å². The second-order valence-corrected chi connectivity index (χ2v) is 7.75. The maximum atomic E-state index is 13.0. The predicted octanol–water partition coefficient (Wildman–Crippen LogP) is 3.66. The number of aromatic nitrogens is 1. The minimum atomic E-state index is -0.680. The molecular weight excluding hydrogens is 409 g/mol. The molecule has 0 unspecified atom stereocenters. The van der Waals surface area contributed by atoms with Gasteiger partial charge in [-0.05, 0) is 55.4 Å². The summed E-state index contributed by atoms with van der Waals surface area (Å²) in [6.07, 6.45) is 9.36. The molecule has 160 valence electrons. The summed E-state index contributed by atoms with van der Waals surface area (Å²) in [7, 11) is 0. The van der Waals surface area contributed by atoms with Gasteiger partial charge < -0.3 is 10.6 Å². The molecule has 0 bridgehead atoms. The smallest absolute Gasteiger partial charge is 0.270 e. The minimum Gasteiger partial charge on any atom is -0.348 e. The number of hydrogen-bond acceptors (Lipinski definition) is 3. The fraction of sp³-hybridized carbons (Fsp3) is 0.409. The van der Waals surface area contributed by atoms with Crippen LogP contribution in [-0.2, 0) is 12.1 Å². The van der Waals surface area contributed by atoms with E-state index in [-0.39, 0.29) is 29.3 Å². The zero-order valence-corrected chi connectivity index (χ0v) is 17.6. The van der Waals surface area contributed by atoms with E-state index in [4.69, 9.17) is 11.6 Å². The third-order valence-electron chi connectivity index (χ3n) is 5.70. The van der Waals surface area contributed by atoms with Crippen LogP contribution in [0.15, 0.2) is 46.5 Å². The number of allylic oxidation sites excluding steroid dienone is 2. The number of nitrogens with one attached hydrogen (secondary N) is 2. The third-order valence-corrected chi connectivity index (χ3v) is 5.83. The van der Waals surface area contributed by atoms with E-state index in [1.165, 1.54) is 29.8 Å². The standard InChI is InChI=1S/C22H25ClFN3O3/c1-2-16-17(20(29)25-14-15(8-11-23)7-6-12-24)13-18(28)27-19(16)21(30)26-22(27)9-4-3-5-10-22/h6-8,11-13H,2-5,9-10,14H2,1H3,(H,25,29)(H,26,30)/b11-8+,12-6+,15-7+. The van der Waals surface area contributed by atoms with Crippen molar-refractivity contribution in [1.82, 2.24) is 15.2 Å². The molecule has 1 aromatic heterocycles. The molecule has 0 aromatic carbocycles. The summed E-state index contributed by atoms with van der Waals surface area (Å²) in [5.41, 5.74) is 1.82. The van der Waals surface area contributed by atoms with Crippen molar-refractivity contribution in [3.8, 4) is 0 Å². The highest BCUT2D eigenvalue weighted by atomic mass is 35.5. The summed E-state index contributed by atoms with van der Waals surface area (Å²) in [5.74, 6) is -0.776. The highest BCUT2D eigenvalue weighted by Gasteiger charge is 2.45. The molecule has 8 heteroatoms. The summed E-state index contributed by atoms with van der Waals surface area (Å²) in [6, 6.07) is 1.32. The Bertz CT molecular complexity index is 988. The Hall–Kier alpha value is -2.67. The first-order valence-corrected chi connectivity index (χ1v) is 10.5. The summed E-state index contributed by atoms with van der Waals surface area (Å²) in [4.78, 5) is 38.7. The van der Waals surface area contributed by atoms with Crippen molar-refractivity contribution in [3.63, 3.8) is 0 Å². The molecule has 1 spiro atoms. The van der Waals surface area contributed by atoms with Crippen LogP contribution < -0.4 is 16.2 Å². The van der Waals surface area contributed by atoms with Crippen LogP contribution in [0.1, 0.15) is 65.4 Å². The van der Waals surface area contributed by atoms with Gasteiger partial charge in [-0.2, -0.15) is 0 Å². The quantitative estimate of drug-likeness (QED) is 0.672. The van der Waals surface area contributed by atoms with Gasteiger partial charge in [0.2, 0.25) is 0 Å². The SMILES string of the molecule is CCc1c(C(=O)NCC(/C=C/Cl)=C/C=C/F)cc(=O)n2c1C(=O)NC21CCCCC1. The summed E-state index contributed by atoms with van der Waals surface area (Å²) in [5, 5.41) is 5.74.